The summed E-state index contributed by atoms with van der Waals surface area (Å²) >= 11 is 0. The van der Waals surface area contributed by atoms with Crippen molar-refractivity contribution in [3.05, 3.63) is 64.7 Å². The molecule has 5 nitrogen and oxygen atoms in total. The fraction of sp³-hybridized carbons (Fsp3) is 0.458. The van der Waals surface area contributed by atoms with Gasteiger partial charge in [0.2, 0.25) is 0 Å². The third-order valence-corrected chi connectivity index (χ3v) is 5.24. The molecule has 5 heteroatoms. The van der Waals surface area contributed by atoms with Crippen LogP contribution < -0.4 is 10.1 Å². The molecule has 1 aliphatic rings. The highest BCUT2D eigenvalue weighted by atomic mass is 16.5. The van der Waals surface area contributed by atoms with Gasteiger partial charge in [0, 0.05) is 26.2 Å². The number of benzene rings is 2. The summed E-state index contributed by atoms with van der Waals surface area (Å²) < 4.78 is 11.4. The number of aryl methyl sites for hydroxylation is 2. The van der Waals surface area contributed by atoms with Crippen LogP contribution in [0, 0.1) is 13.8 Å². The largest absolute Gasteiger partial charge is 0.480 e. The molecule has 1 unspecified atom stereocenters. The van der Waals surface area contributed by atoms with Crippen LogP contribution in [0.3, 0.4) is 0 Å². The van der Waals surface area contributed by atoms with Crippen LogP contribution in [0.2, 0.25) is 0 Å². The van der Waals surface area contributed by atoms with E-state index in [1.54, 1.807) is 0 Å². The third-order valence-electron chi connectivity index (χ3n) is 5.24. The number of hydrogen-bond acceptors (Lipinski definition) is 4. The van der Waals surface area contributed by atoms with Crippen LogP contribution in [-0.2, 0) is 22.6 Å². The van der Waals surface area contributed by atoms with Gasteiger partial charge in [-0.15, -0.1) is 0 Å². The Morgan fingerprint density at radius 3 is 2.66 bits per heavy atom. The van der Waals surface area contributed by atoms with E-state index in [0.717, 1.165) is 55.3 Å². The van der Waals surface area contributed by atoms with Crippen LogP contribution in [0.1, 0.15) is 35.6 Å². The Morgan fingerprint density at radius 2 is 1.90 bits per heavy atom. The van der Waals surface area contributed by atoms with Crippen molar-refractivity contribution in [2.45, 2.75) is 46.4 Å². The Kier molecular flexibility index (Phi) is 7.67. The first-order valence-corrected chi connectivity index (χ1v) is 10.4. The number of nitrogens with zero attached hydrogens (tertiary/aromatic N) is 1. The first kappa shape index (κ1) is 21.3. The maximum atomic E-state index is 12.7. The maximum absolute atomic E-state index is 12.7. The van der Waals surface area contributed by atoms with Crippen molar-refractivity contribution in [1.29, 1.82) is 0 Å². The summed E-state index contributed by atoms with van der Waals surface area (Å²) in [4.78, 5) is 15.1. The van der Waals surface area contributed by atoms with Crippen LogP contribution in [-0.4, -0.2) is 43.2 Å². The molecule has 1 saturated heterocycles. The van der Waals surface area contributed by atoms with Crippen LogP contribution in [0.4, 0.5) is 0 Å². The number of nitrogens with one attached hydrogen (secondary N) is 1. The standard InChI is InChI=1S/C24H32N2O3/c1-4-22(29-23-14-18(2)8-9-19(23)3)24(27)25-16-20-6-5-7-21(15-20)17-26-10-12-28-13-11-26/h5-9,14-15,22H,4,10-13,16-17H2,1-3H3,(H,25,27). The van der Waals surface area contributed by atoms with Gasteiger partial charge in [-0.25, -0.2) is 0 Å². The van der Waals surface area contributed by atoms with E-state index in [0.29, 0.717) is 13.0 Å². The zero-order valence-corrected chi connectivity index (χ0v) is 17.7. The Morgan fingerprint density at radius 1 is 1.14 bits per heavy atom. The lowest BCUT2D eigenvalue weighted by Gasteiger charge is -2.26. The summed E-state index contributed by atoms with van der Waals surface area (Å²) in [6.45, 7) is 10.9. The second-order valence-corrected chi connectivity index (χ2v) is 7.71. The van der Waals surface area contributed by atoms with Crippen LogP contribution >= 0.6 is 0 Å². The zero-order valence-electron chi connectivity index (χ0n) is 17.7. The molecule has 1 heterocycles. The number of carbonyl (C=O) groups excluding carboxylic acids is 1. The molecule has 0 saturated carbocycles. The van der Waals surface area contributed by atoms with Crippen molar-refractivity contribution < 1.29 is 14.3 Å². The van der Waals surface area contributed by atoms with E-state index in [1.807, 2.05) is 39.0 Å². The van der Waals surface area contributed by atoms with Crippen molar-refractivity contribution in [3.63, 3.8) is 0 Å². The van der Waals surface area contributed by atoms with E-state index >= 15 is 0 Å². The molecule has 1 fully saturated rings. The first-order valence-electron chi connectivity index (χ1n) is 10.4. The zero-order chi connectivity index (χ0) is 20.6. The highest BCUT2D eigenvalue weighted by Gasteiger charge is 2.19. The summed E-state index contributed by atoms with van der Waals surface area (Å²) in [5, 5.41) is 3.04. The molecular formula is C24H32N2O3. The summed E-state index contributed by atoms with van der Waals surface area (Å²) in [5.74, 6) is 0.700. The van der Waals surface area contributed by atoms with E-state index < -0.39 is 6.10 Å². The predicted octanol–water partition coefficient (Wildman–Crippen LogP) is 3.61. The fourth-order valence-corrected chi connectivity index (χ4v) is 3.47. The van der Waals surface area contributed by atoms with Gasteiger partial charge < -0.3 is 14.8 Å². The van der Waals surface area contributed by atoms with Crippen molar-refractivity contribution in [1.82, 2.24) is 10.2 Å². The molecule has 0 aromatic heterocycles. The van der Waals surface area contributed by atoms with Crippen molar-refractivity contribution in [2.24, 2.45) is 0 Å². The number of amides is 1. The quantitative estimate of drug-likeness (QED) is 0.741. The molecule has 3 rings (SSSR count). The number of ether oxygens (including phenoxy) is 2. The Bertz CT molecular complexity index is 816. The van der Waals surface area contributed by atoms with E-state index in [9.17, 15) is 4.79 Å². The molecule has 1 amide bonds. The number of carbonyl (C=O) groups is 1. The van der Waals surface area contributed by atoms with Gasteiger partial charge in [0.25, 0.3) is 5.91 Å². The average molecular weight is 397 g/mol. The summed E-state index contributed by atoms with van der Waals surface area (Å²) in [5.41, 5.74) is 4.53. The van der Waals surface area contributed by atoms with Crippen LogP contribution in [0.25, 0.3) is 0 Å². The molecule has 1 N–H and O–H groups in total. The average Bonchev–Trinajstić information content (AvgIpc) is 2.73. The van der Waals surface area contributed by atoms with Gasteiger partial charge in [-0.2, -0.15) is 0 Å². The second-order valence-electron chi connectivity index (χ2n) is 7.71. The SMILES string of the molecule is CCC(Oc1cc(C)ccc1C)C(=O)NCc1cccc(CN2CCOCC2)c1. The molecule has 0 radical (unpaired) electrons. The van der Waals surface area contributed by atoms with Gasteiger partial charge in [0.15, 0.2) is 6.10 Å². The van der Waals surface area contributed by atoms with E-state index in [1.165, 1.54) is 5.56 Å². The minimum Gasteiger partial charge on any atom is -0.480 e. The number of morpholine rings is 1. The Balaban J connectivity index is 1.55. The molecule has 1 aliphatic heterocycles. The van der Waals surface area contributed by atoms with E-state index in [-0.39, 0.29) is 5.91 Å². The molecule has 2 aromatic carbocycles. The molecule has 0 bridgehead atoms. The minimum absolute atomic E-state index is 0.0769. The highest BCUT2D eigenvalue weighted by molar-refractivity contribution is 5.81. The topological polar surface area (TPSA) is 50.8 Å². The van der Waals surface area contributed by atoms with Gasteiger partial charge in [0.05, 0.1) is 13.2 Å². The molecule has 29 heavy (non-hydrogen) atoms. The molecule has 0 spiro atoms. The van der Waals surface area contributed by atoms with E-state index in [2.05, 4.69) is 34.5 Å². The molecule has 2 aromatic rings. The molecule has 156 valence electrons. The minimum atomic E-state index is -0.493. The molecule has 1 atom stereocenters. The third kappa shape index (κ3) is 6.31. The van der Waals surface area contributed by atoms with Crippen molar-refractivity contribution >= 4 is 5.91 Å². The van der Waals surface area contributed by atoms with Gasteiger partial charge in [-0.1, -0.05) is 43.3 Å². The number of rotatable bonds is 8. The van der Waals surface area contributed by atoms with Gasteiger partial charge >= 0.3 is 0 Å². The normalized spacial score (nSPS) is 15.7. The van der Waals surface area contributed by atoms with Crippen molar-refractivity contribution in [2.75, 3.05) is 26.3 Å². The fourth-order valence-electron chi connectivity index (χ4n) is 3.47. The molecule has 0 aliphatic carbocycles. The van der Waals surface area contributed by atoms with Gasteiger partial charge in [0.1, 0.15) is 5.75 Å². The molecular weight excluding hydrogens is 364 g/mol. The second kappa shape index (κ2) is 10.4. The lowest BCUT2D eigenvalue weighted by Crippen LogP contribution is -2.37. The Hall–Kier alpha value is -2.37. The van der Waals surface area contributed by atoms with Crippen molar-refractivity contribution in [3.8, 4) is 5.75 Å². The first-order chi connectivity index (χ1) is 14.0. The van der Waals surface area contributed by atoms with Gasteiger partial charge in [-0.05, 0) is 48.6 Å². The predicted molar refractivity (Wildman–Crippen MR) is 115 cm³/mol. The lowest BCUT2D eigenvalue weighted by atomic mass is 10.1. The van der Waals surface area contributed by atoms with Crippen LogP contribution in [0.15, 0.2) is 42.5 Å². The summed E-state index contributed by atoms with van der Waals surface area (Å²) in [6, 6.07) is 14.5. The summed E-state index contributed by atoms with van der Waals surface area (Å²) in [6.07, 6.45) is 0.128. The monoisotopic (exact) mass is 396 g/mol. The lowest BCUT2D eigenvalue weighted by molar-refractivity contribution is -0.128. The highest BCUT2D eigenvalue weighted by Crippen LogP contribution is 2.21. The van der Waals surface area contributed by atoms with E-state index in [4.69, 9.17) is 9.47 Å². The number of hydrogen-bond donors (Lipinski definition) is 1. The maximum Gasteiger partial charge on any atom is 0.261 e. The Labute approximate surface area is 174 Å². The van der Waals surface area contributed by atoms with Gasteiger partial charge in [-0.3, -0.25) is 9.69 Å². The smallest absolute Gasteiger partial charge is 0.261 e. The van der Waals surface area contributed by atoms with Crippen LogP contribution in [0.5, 0.6) is 5.75 Å². The summed E-state index contributed by atoms with van der Waals surface area (Å²) in [7, 11) is 0.